The van der Waals surface area contributed by atoms with Gasteiger partial charge in [0.1, 0.15) is 10.6 Å². The quantitative estimate of drug-likeness (QED) is 0.542. The Bertz CT molecular complexity index is 1240. The summed E-state index contributed by atoms with van der Waals surface area (Å²) in [6.45, 7) is 4.04. The number of hydrogen-bond acceptors (Lipinski definition) is 7. The van der Waals surface area contributed by atoms with E-state index in [4.69, 9.17) is 4.74 Å². The zero-order valence-electron chi connectivity index (χ0n) is 17.2. The van der Waals surface area contributed by atoms with Crippen LogP contribution in [0.5, 0.6) is 5.75 Å². The van der Waals surface area contributed by atoms with Gasteiger partial charge in [0.15, 0.2) is 5.82 Å². The standard InChI is InChI=1S/C20H22N4O6S/c1-4-24(5-2)31(27,28)17-12-14(9-10-16(17)29-3)19(25)21-15-8-6-7-13(11-15)18-22-20(26)30-23-18/h6-12H,4-5H2,1-3H3,(H,21,25)(H,22,23,26). The number of rotatable bonds is 8. The third-order valence-corrected chi connectivity index (χ3v) is 6.65. The van der Waals surface area contributed by atoms with Gasteiger partial charge in [0.05, 0.1) is 7.11 Å². The van der Waals surface area contributed by atoms with Crippen molar-refractivity contribution in [1.82, 2.24) is 14.4 Å². The van der Waals surface area contributed by atoms with Gasteiger partial charge in [-0.25, -0.2) is 13.2 Å². The maximum absolute atomic E-state index is 13.0. The third-order valence-electron chi connectivity index (χ3n) is 4.58. The summed E-state index contributed by atoms with van der Waals surface area (Å²) in [5, 5.41) is 6.32. The summed E-state index contributed by atoms with van der Waals surface area (Å²) in [5.74, 6) is -0.826. The molecule has 0 bridgehead atoms. The highest BCUT2D eigenvalue weighted by Crippen LogP contribution is 2.28. The number of amides is 1. The molecule has 2 N–H and O–H groups in total. The Labute approximate surface area is 178 Å². The van der Waals surface area contributed by atoms with Gasteiger partial charge in [0.2, 0.25) is 10.0 Å². The lowest BCUT2D eigenvalue weighted by Crippen LogP contribution is -2.31. The van der Waals surface area contributed by atoms with E-state index in [0.29, 0.717) is 11.3 Å². The molecule has 11 heteroatoms. The van der Waals surface area contributed by atoms with Gasteiger partial charge < -0.3 is 10.1 Å². The van der Waals surface area contributed by atoms with Crippen molar-refractivity contribution in [2.75, 3.05) is 25.5 Å². The van der Waals surface area contributed by atoms with E-state index in [-0.39, 0.29) is 35.1 Å². The Balaban J connectivity index is 1.92. The Hall–Kier alpha value is -3.44. The van der Waals surface area contributed by atoms with Crippen molar-refractivity contribution in [2.24, 2.45) is 0 Å². The SMILES string of the molecule is CCN(CC)S(=O)(=O)c1cc(C(=O)Nc2cccc(-c3noc(=O)[nH]3)c2)ccc1OC. The highest BCUT2D eigenvalue weighted by atomic mass is 32.2. The largest absolute Gasteiger partial charge is 0.495 e. The van der Waals surface area contributed by atoms with E-state index < -0.39 is 21.7 Å². The summed E-state index contributed by atoms with van der Waals surface area (Å²) in [5.41, 5.74) is 1.10. The van der Waals surface area contributed by atoms with Crippen LogP contribution in [-0.4, -0.2) is 49.0 Å². The zero-order chi connectivity index (χ0) is 22.6. The number of ether oxygens (including phenoxy) is 1. The number of methoxy groups -OCH3 is 1. The van der Waals surface area contributed by atoms with Crippen LogP contribution < -0.4 is 15.8 Å². The van der Waals surface area contributed by atoms with Gasteiger partial charge in [-0.2, -0.15) is 4.31 Å². The second-order valence-corrected chi connectivity index (χ2v) is 8.34. The topological polar surface area (TPSA) is 135 Å². The van der Waals surface area contributed by atoms with Crippen LogP contribution in [-0.2, 0) is 10.0 Å². The maximum Gasteiger partial charge on any atom is 0.439 e. The van der Waals surface area contributed by atoms with Crippen LogP contribution in [0.25, 0.3) is 11.4 Å². The van der Waals surface area contributed by atoms with Gasteiger partial charge in [-0.05, 0) is 30.3 Å². The molecular formula is C20H22N4O6S. The Morgan fingerprint density at radius 1 is 1.19 bits per heavy atom. The zero-order valence-corrected chi connectivity index (χ0v) is 18.0. The summed E-state index contributed by atoms with van der Waals surface area (Å²) in [6.07, 6.45) is 0. The van der Waals surface area contributed by atoms with Crippen molar-refractivity contribution < 1.29 is 22.5 Å². The van der Waals surface area contributed by atoms with Crippen molar-refractivity contribution in [3.05, 3.63) is 58.6 Å². The van der Waals surface area contributed by atoms with Crippen LogP contribution in [0.4, 0.5) is 5.69 Å². The second kappa shape index (κ2) is 9.14. The number of aromatic amines is 1. The van der Waals surface area contributed by atoms with Crippen LogP contribution >= 0.6 is 0 Å². The smallest absolute Gasteiger partial charge is 0.439 e. The molecule has 0 saturated carbocycles. The molecule has 3 aromatic rings. The third kappa shape index (κ3) is 4.67. The van der Waals surface area contributed by atoms with Gasteiger partial charge in [-0.15, -0.1) is 0 Å². The first kappa shape index (κ1) is 22.2. The predicted molar refractivity (Wildman–Crippen MR) is 114 cm³/mol. The van der Waals surface area contributed by atoms with E-state index in [1.54, 1.807) is 38.1 Å². The van der Waals surface area contributed by atoms with Crippen LogP contribution in [0.1, 0.15) is 24.2 Å². The molecule has 1 aromatic heterocycles. The number of nitrogens with zero attached hydrogens (tertiary/aromatic N) is 2. The number of hydrogen-bond donors (Lipinski definition) is 2. The fourth-order valence-electron chi connectivity index (χ4n) is 3.02. The number of aromatic nitrogens is 2. The number of carbonyl (C=O) groups excluding carboxylic acids is 1. The summed E-state index contributed by atoms with van der Waals surface area (Å²) in [7, 11) is -2.47. The highest BCUT2D eigenvalue weighted by Gasteiger charge is 2.26. The predicted octanol–water partition coefficient (Wildman–Crippen LogP) is 2.32. The lowest BCUT2D eigenvalue weighted by atomic mass is 10.1. The van der Waals surface area contributed by atoms with Crippen molar-refractivity contribution in [3.8, 4) is 17.1 Å². The molecule has 0 aliphatic rings. The molecule has 0 aliphatic carbocycles. The molecule has 1 heterocycles. The molecule has 2 aromatic carbocycles. The Kier molecular flexibility index (Phi) is 6.56. The van der Waals surface area contributed by atoms with E-state index in [2.05, 4.69) is 20.0 Å². The fraction of sp³-hybridized carbons (Fsp3) is 0.250. The van der Waals surface area contributed by atoms with Crippen molar-refractivity contribution in [2.45, 2.75) is 18.7 Å². The van der Waals surface area contributed by atoms with Crippen molar-refractivity contribution >= 4 is 21.6 Å². The van der Waals surface area contributed by atoms with Crippen molar-refractivity contribution in [3.63, 3.8) is 0 Å². The molecule has 0 saturated heterocycles. The minimum Gasteiger partial charge on any atom is -0.495 e. The number of benzene rings is 2. The number of H-pyrrole nitrogens is 1. The lowest BCUT2D eigenvalue weighted by Gasteiger charge is -2.20. The molecule has 3 rings (SSSR count). The molecule has 0 spiro atoms. The van der Waals surface area contributed by atoms with E-state index in [1.807, 2.05) is 0 Å². The fourth-order valence-corrected chi connectivity index (χ4v) is 4.66. The summed E-state index contributed by atoms with van der Waals surface area (Å²) in [4.78, 5) is 26.3. The molecular weight excluding hydrogens is 424 g/mol. The average molecular weight is 446 g/mol. The molecule has 1 amide bonds. The number of carbonyl (C=O) groups is 1. The molecule has 0 aliphatic heterocycles. The number of sulfonamides is 1. The van der Waals surface area contributed by atoms with Gasteiger partial charge in [-0.1, -0.05) is 31.1 Å². The normalized spacial score (nSPS) is 11.5. The minimum atomic E-state index is -3.84. The Morgan fingerprint density at radius 3 is 2.55 bits per heavy atom. The molecule has 164 valence electrons. The number of nitrogens with one attached hydrogen (secondary N) is 2. The first-order valence-electron chi connectivity index (χ1n) is 9.46. The monoisotopic (exact) mass is 446 g/mol. The lowest BCUT2D eigenvalue weighted by molar-refractivity contribution is 0.102. The first-order valence-corrected chi connectivity index (χ1v) is 10.9. The van der Waals surface area contributed by atoms with E-state index >= 15 is 0 Å². The summed E-state index contributed by atoms with van der Waals surface area (Å²) >= 11 is 0. The first-order chi connectivity index (χ1) is 14.8. The van der Waals surface area contributed by atoms with Gasteiger partial charge in [-0.3, -0.25) is 14.3 Å². The maximum atomic E-state index is 13.0. The van der Waals surface area contributed by atoms with Gasteiger partial charge in [0.25, 0.3) is 5.91 Å². The van der Waals surface area contributed by atoms with E-state index in [1.165, 1.54) is 29.6 Å². The molecule has 0 fully saturated rings. The van der Waals surface area contributed by atoms with Crippen LogP contribution in [0.3, 0.4) is 0 Å². The molecule has 31 heavy (non-hydrogen) atoms. The van der Waals surface area contributed by atoms with Crippen LogP contribution in [0, 0.1) is 0 Å². The second-order valence-electron chi connectivity index (χ2n) is 6.43. The van der Waals surface area contributed by atoms with Crippen LogP contribution in [0.15, 0.2) is 56.7 Å². The van der Waals surface area contributed by atoms with Gasteiger partial charge >= 0.3 is 5.76 Å². The van der Waals surface area contributed by atoms with Crippen molar-refractivity contribution in [1.29, 1.82) is 0 Å². The summed E-state index contributed by atoms with van der Waals surface area (Å²) < 4.78 is 36.9. The average Bonchev–Trinajstić information content (AvgIpc) is 3.20. The molecule has 0 unspecified atom stereocenters. The highest BCUT2D eigenvalue weighted by molar-refractivity contribution is 7.89. The molecule has 10 nitrogen and oxygen atoms in total. The summed E-state index contributed by atoms with van der Waals surface area (Å²) in [6, 6.07) is 10.8. The van der Waals surface area contributed by atoms with Gasteiger partial charge in [0, 0.05) is 29.9 Å². The molecule has 0 atom stereocenters. The number of anilines is 1. The van der Waals surface area contributed by atoms with E-state index in [0.717, 1.165) is 0 Å². The van der Waals surface area contributed by atoms with E-state index in [9.17, 15) is 18.0 Å². The van der Waals surface area contributed by atoms with Crippen LogP contribution in [0.2, 0.25) is 0 Å². The minimum absolute atomic E-state index is 0.0831. The molecule has 0 radical (unpaired) electrons. The Morgan fingerprint density at radius 2 is 1.94 bits per heavy atom.